The van der Waals surface area contributed by atoms with Gasteiger partial charge < -0.3 is 39.2 Å². The summed E-state index contributed by atoms with van der Waals surface area (Å²) in [6, 6.07) is 4.10. The van der Waals surface area contributed by atoms with Crippen molar-refractivity contribution in [3.63, 3.8) is 0 Å². The number of rotatable bonds is 3. The molecule has 0 spiro atoms. The standard InChI is InChI=1S/C30H44BN3O10/c1-30(2,3)44-28(37)32-23-19-41-14-10-6-4-5-7-13-25(31(39)40)43-27(36)24-15-22(18-34(24)26(23)35)42-29(38)33-16-20-11-8-9-12-21(20)17-33/h8-9,11-12,22-25,39-40H,4-7,10,13-19H2,1-3H3,(H,32,37)/t22-,23+,24+,25-/m1/s1. The maximum Gasteiger partial charge on any atom is 0.495 e. The summed E-state index contributed by atoms with van der Waals surface area (Å²) in [6.07, 6.45) is 1.79. The van der Waals surface area contributed by atoms with Crippen LogP contribution in [0.5, 0.6) is 0 Å². The fraction of sp³-hybridized carbons (Fsp3) is 0.667. The molecule has 0 saturated carbocycles. The maximum atomic E-state index is 13.9. The van der Waals surface area contributed by atoms with Crippen LogP contribution in [0.25, 0.3) is 0 Å². The SMILES string of the molecule is CC(C)(C)OC(=O)N[C@H]1COCCCCCCC[C@H](B(O)O)OC(=O)[C@@H]2C[C@@H](OC(=O)N3Cc4ccccc4C3)CN2C1=O. The van der Waals surface area contributed by atoms with Crippen LogP contribution < -0.4 is 5.32 Å². The van der Waals surface area contributed by atoms with Gasteiger partial charge in [-0.2, -0.15) is 0 Å². The van der Waals surface area contributed by atoms with Crippen molar-refractivity contribution >= 4 is 31.2 Å². The van der Waals surface area contributed by atoms with Crippen LogP contribution in [-0.2, 0) is 41.6 Å². The quantitative estimate of drug-likeness (QED) is 0.261. The minimum Gasteiger partial charge on any atom is -0.463 e. The first-order valence-corrected chi connectivity index (χ1v) is 15.4. The van der Waals surface area contributed by atoms with Crippen LogP contribution in [0, 0.1) is 0 Å². The minimum atomic E-state index is -1.90. The van der Waals surface area contributed by atoms with E-state index in [1.54, 1.807) is 25.7 Å². The van der Waals surface area contributed by atoms with Crippen LogP contribution in [0.1, 0.15) is 76.8 Å². The summed E-state index contributed by atoms with van der Waals surface area (Å²) in [5.74, 6) is -1.49. The average Bonchev–Trinajstić information content (AvgIpc) is 3.57. The molecule has 3 aliphatic heterocycles. The number of amides is 3. The Morgan fingerprint density at radius 2 is 1.68 bits per heavy atom. The van der Waals surface area contributed by atoms with E-state index in [4.69, 9.17) is 18.9 Å². The van der Waals surface area contributed by atoms with Crippen molar-refractivity contribution in [1.82, 2.24) is 15.1 Å². The number of ether oxygens (including phenoxy) is 4. The fourth-order valence-electron chi connectivity index (χ4n) is 5.63. The highest BCUT2D eigenvalue weighted by atomic mass is 16.6. The molecule has 3 amide bonds. The second kappa shape index (κ2) is 15.1. The number of benzene rings is 1. The number of carbonyl (C=O) groups excluding carboxylic acids is 4. The highest BCUT2D eigenvalue weighted by Crippen LogP contribution is 2.28. The summed E-state index contributed by atoms with van der Waals surface area (Å²) < 4.78 is 22.4. The molecule has 0 aromatic heterocycles. The van der Waals surface area contributed by atoms with E-state index >= 15 is 0 Å². The second-order valence-corrected chi connectivity index (χ2v) is 12.6. The maximum absolute atomic E-state index is 13.9. The Morgan fingerprint density at radius 3 is 2.34 bits per heavy atom. The molecule has 1 aromatic rings. The zero-order valence-corrected chi connectivity index (χ0v) is 25.7. The predicted octanol–water partition coefficient (Wildman–Crippen LogP) is 2.30. The molecule has 0 aliphatic carbocycles. The molecule has 3 N–H and O–H groups in total. The topological polar surface area (TPSA) is 164 Å². The van der Waals surface area contributed by atoms with Gasteiger partial charge in [-0.1, -0.05) is 49.9 Å². The van der Waals surface area contributed by atoms with E-state index in [-0.39, 0.29) is 26.0 Å². The van der Waals surface area contributed by atoms with Crippen LogP contribution in [-0.4, -0.2) is 101 Å². The van der Waals surface area contributed by atoms with Crippen LogP contribution in [0.3, 0.4) is 0 Å². The van der Waals surface area contributed by atoms with Crippen molar-refractivity contribution in [1.29, 1.82) is 0 Å². The molecule has 2 fully saturated rings. The van der Waals surface area contributed by atoms with Crippen molar-refractivity contribution < 1.29 is 48.2 Å². The van der Waals surface area contributed by atoms with Gasteiger partial charge in [-0.15, -0.1) is 0 Å². The van der Waals surface area contributed by atoms with Gasteiger partial charge in [-0.25, -0.2) is 14.4 Å². The van der Waals surface area contributed by atoms with Gasteiger partial charge in [0.25, 0.3) is 0 Å². The van der Waals surface area contributed by atoms with Crippen LogP contribution in [0.2, 0.25) is 0 Å². The second-order valence-electron chi connectivity index (χ2n) is 12.6. The molecule has 14 heteroatoms. The van der Waals surface area contributed by atoms with Gasteiger partial charge >= 0.3 is 25.3 Å². The molecule has 3 aliphatic rings. The van der Waals surface area contributed by atoms with E-state index in [2.05, 4.69) is 5.32 Å². The van der Waals surface area contributed by atoms with E-state index in [9.17, 15) is 29.2 Å². The van der Waals surface area contributed by atoms with Gasteiger partial charge in [-0.3, -0.25) is 9.69 Å². The lowest BCUT2D eigenvalue weighted by Gasteiger charge is -2.30. The molecule has 4 atom stereocenters. The monoisotopic (exact) mass is 617 g/mol. The molecule has 3 heterocycles. The molecule has 13 nitrogen and oxygen atoms in total. The molecule has 1 aromatic carbocycles. The normalized spacial score (nSPS) is 25.5. The number of fused-ring (bicyclic) bond motifs is 2. The third kappa shape index (κ3) is 9.32. The summed E-state index contributed by atoms with van der Waals surface area (Å²) in [5.41, 5.74) is 1.21. The molecular formula is C30H44BN3O10. The van der Waals surface area contributed by atoms with E-state index in [0.717, 1.165) is 36.8 Å². The molecule has 242 valence electrons. The number of alkyl carbamates (subject to hydrolysis) is 1. The molecule has 4 rings (SSSR count). The molecule has 0 unspecified atom stereocenters. The summed E-state index contributed by atoms with van der Waals surface area (Å²) in [5, 5.41) is 22.4. The van der Waals surface area contributed by atoms with Crippen LogP contribution in [0.15, 0.2) is 24.3 Å². The molecule has 2 saturated heterocycles. The minimum absolute atomic E-state index is 0.0641. The zero-order valence-electron chi connectivity index (χ0n) is 25.7. The van der Waals surface area contributed by atoms with Gasteiger partial charge in [0.1, 0.15) is 29.8 Å². The Balaban J connectivity index is 1.53. The smallest absolute Gasteiger partial charge is 0.463 e. The first kappa shape index (κ1) is 33.5. The lowest BCUT2D eigenvalue weighted by atomic mass is 9.79. The number of carbonyl (C=O) groups is 4. The van der Waals surface area contributed by atoms with Crippen molar-refractivity contribution in [2.24, 2.45) is 0 Å². The first-order valence-electron chi connectivity index (χ1n) is 15.4. The number of cyclic esters (lactones) is 1. The van der Waals surface area contributed by atoms with Crippen molar-refractivity contribution in [2.75, 3.05) is 19.8 Å². The van der Waals surface area contributed by atoms with Gasteiger partial charge in [0.05, 0.1) is 13.2 Å². The first-order chi connectivity index (χ1) is 20.9. The van der Waals surface area contributed by atoms with E-state index in [1.807, 2.05) is 24.3 Å². The lowest BCUT2D eigenvalue weighted by Crippen LogP contribution is -2.55. The van der Waals surface area contributed by atoms with E-state index in [1.165, 1.54) is 4.90 Å². The number of hydrogen-bond donors (Lipinski definition) is 3. The van der Waals surface area contributed by atoms with Crippen LogP contribution in [0.4, 0.5) is 9.59 Å². The molecule has 44 heavy (non-hydrogen) atoms. The number of hydrogen-bond acceptors (Lipinski definition) is 10. The number of nitrogens with one attached hydrogen (secondary N) is 1. The summed E-state index contributed by atoms with van der Waals surface area (Å²) in [7, 11) is -1.90. The highest BCUT2D eigenvalue weighted by molar-refractivity contribution is 6.43. The Morgan fingerprint density at radius 1 is 1.02 bits per heavy atom. The predicted molar refractivity (Wildman–Crippen MR) is 158 cm³/mol. The largest absolute Gasteiger partial charge is 0.495 e. The van der Waals surface area contributed by atoms with Crippen molar-refractivity contribution in [3.05, 3.63) is 35.4 Å². The van der Waals surface area contributed by atoms with Crippen molar-refractivity contribution in [2.45, 2.75) is 109 Å². The zero-order chi connectivity index (χ0) is 31.9. The third-order valence-electron chi connectivity index (χ3n) is 7.84. The molecule has 0 radical (unpaired) electrons. The average molecular weight is 618 g/mol. The third-order valence-corrected chi connectivity index (χ3v) is 7.84. The van der Waals surface area contributed by atoms with Crippen LogP contribution >= 0.6 is 0 Å². The van der Waals surface area contributed by atoms with Gasteiger partial charge in [-0.05, 0) is 44.7 Å². The lowest BCUT2D eigenvalue weighted by molar-refractivity contribution is -0.157. The summed E-state index contributed by atoms with van der Waals surface area (Å²) in [6.45, 7) is 5.91. The van der Waals surface area contributed by atoms with Gasteiger partial charge in [0.15, 0.2) is 0 Å². The molecule has 0 bridgehead atoms. The Kier molecular flexibility index (Phi) is 11.5. The summed E-state index contributed by atoms with van der Waals surface area (Å²) >= 11 is 0. The van der Waals surface area contributed by atoms with E-state index in [0.29, 0.717) is 26.1 Å². The summed E-state index contributed by atoms with van der Waals surface area (Å²) in [4.78, 5) is 56.0. The highest BCUT2D eigenvalue weighted by Gasteiger charge is 2.46. The molecular weight excluding hydrogens is 573 g/mol. The van der Waals surface area contributed by atoms with Gasteiger partial charge in [0, 0.05) is 26.1 Å². The van der Waals surface area contributed by atoms with Crippen molar-refractivity contribution in [3.8, 4) is 0 Å². The van der Waals surface area contributed by atoms with Gasteiger partial charge in [0.2, 0.25) is 5.91 Å². The Hall–Kier alpha value is -3.36. The van der Waals surface area contributed by atoms with E-state index < -0.39 is 61.0 Å². The number of nitrogens with zero attached hydrogens (tertiary/aromatic N) is 2. The number of esters is 1. The Labute approximate surface area is 258 Å². The Bertz CT molecular complexity index is 1150. The fourth-order valence-corrected chi connectivity index (χ4v) is 5.63.